The molecule has 0 bridgehead atoms. The molecule has 1 amide bonds. The van der Waals surface area contributed by atoms with E-state index in [0.717, 1.165) is 17.7 Å². The first-order chi connectivity index (χ1) is 14.7. The summed E-state index contributed by atoms with van der Waals surface area (Å²) in [6, 6.07) is 9.77. The molecule has 7 nitrogen and oxygen atoms in total. The van der Waals surface area contributed by atoms with Crippen molar-refractivity contribution in [1.82, 2.24) is 5.32 Å². The molecule has 0 aliphatic rings. The third-order valence-electron chi connectivity index (χ3n) is 4.28. The van der Waals surface area contributed by atoms with Gasteiger partial charge in [0.15, 0.2) is 5.71 Å². The van der Waals surface area contributed by atoms with Crippen molar-refractivity contribution in [1.29, 1.82) is 0 Å². The van der Waals surface area contributed by atoms with E-state index in [0.29, 0.717) is 11.1 Å². The van der Waals surface area contributed by atoms with Crippen LogP contribution >= 0.6 is 0 Å². The molecule has 2 aromatic carbocycles. The van der Waals surface area contributed by atoms with Crippen LogP contribution < -0.4 is 5.32 Å². The Kier molecular flexibility index (Phi) is 8.00. The van der Waals surface area contributed by atoms with Crippen molar-refractivity contribution in [3.63, 3.8) is 0 Å². The van der Waals surface area contributed by atoms with Crippen molar-refractivity contribution >= 4 is 17.5 Å². The van der Waals surface area contributed by atoms with Crippen molar-refractivity contribution in [2.24, 2.45) is 10.3 Å². The van der Waals surface area contributed by atoms with Crippen molar-refractivity contribution in [3.8, 4) is 0 Å². The van der Waals surface area contributed by atoms with E-state index in [2.05, 4.69) is 15.6 Å². The van der Waals surface area contributed by atoms with Gasteiger partial charge in [-0.15, -0.1) is 0 Å². The van der Waals surface area contributed by atoms with Gasteiger partial charge in [-0.3, -0.25) is 4.79 Å². The van der Waals surface area contributed by atoms with Gasteiger partial charge in [0.1, 0.15) is 13.7 Å². The van der Waals surface area contributed by atoms with E-state index >= 15 is 0 Å². The van der Waals surface area contributed by atoms with Gasteiger partial charge in [0, 0.05) is 23.7 Å². The number of nitrogens with one attached hydrogen (secondary N) is 1. The zero-order valence-electron chi connectivity index (χ0n) is 17.4. The number of hydrogen-bond acceptors (Lipinski definition) is 6. The molecule has 0 aromatic heterocycles. The third-order valence-corrected chi connectivity index (χ3v) is 4.28. The highest BCUT2D eigenvalue weighted by molar-refractivity contribution is 6.45. The van der Waals surface area contributed by atoms with Crippen molar-refractivity contribution < 1.29 is 32.4 Å². The van der Waals surface area contributed by atoms with E-state index in [9.17, 15) is 18.0 Å². The Morgan fingerprint density at radius 3 is 2.42 bits per heavy atom. The number of aryl methyl sites for hydroxylation is 1. The molecule has 0 fully saturated rings. The zero-order valence-corrected chi connectivity index (χ0v) is 17.4. The second kappa shape index (κ2) is 10.5. The zero-order chi connectivity index (χ0) is 23.0. The summed E-state index contributed by atoms with van der Waals surface area (Å²) in [7, 11) is 4.05. The topological polar surface area (TPSA) is 81.5 Å². The molecular weight excluding hydrogens is 415 g/mol. The molecule has 2 aromatic rings. The number of methoxy groups -OCH3 is 1. The highest BCUT2D eigenvalue weighted by Gasteiger charge is 2.30. The number of benzene rings is 2. The third kappa shape index (κ3) is 5.97. The monoisotopic (exact) mass is 437 g/mol. The highest BCUT2D eigenvalue weighted by Crippen LogP contribution is 2.29. The average molecular weight is 437 g/mol. The Labute approximate surface area is 177 Å². The van der Waals surface area contributed by atoms with Crippen LogP contribution in [-0.4, -0.2) is 38.8 Å². The lowest BCUT2D eigenvalue weighted by Crippen LogP contribution is -2.29. The number of alkyl halides is 3. The Hall–Kier alpha value is -3.56. The molecule has 0 aliphatic heterocycles. The summed E-state index contributed by atoms with van der Waals surface area (Å²) in [6.07, 6.45) is -4.50. The molecule has 31 heavy (non-hydrogen) atoms. The van der Waals surface area contributed by atoms with Gasteiger partial charge < -0.3 is 19.7 Å². The number of oxime groups is 2. The molecule has 0 saturated heterocycles. The number of likely N-dealkylation sites (N-methyl/N-ethyl adjacent to an activating group) is 1. The first kappa shape index (κ1) is 23.7. The Morgan fingerprint density at radius 1 is 1.10 bits per heavy atom. The molecule has 0 spiro atoms. The maximum absolute atomic E-state index is 13.0. The van der Waals surface area contributed by atoms with Gasteiger partial charge in [-0.05, 0) is 35.8 Å². The molecule has 166 valence electrons. The number of carbonyl (C=O) groups is 1. The molecule has 1 N–H and O–H groups in total. The van der Waals surface area contributed by atoms with Crippen LogP contribution in [0.1, 0.15) is 27.8 Å². The molecule has 0 unspecified atom stereocenters. The van der Waals surface area contributed by atoms with Gasteiger partial charge in [0.2, 0.25) is 0 Å². The minimum Gasteiger partial charge on any atom is -0.479 e. The van der Waals surface area contributed by atoms with Crippen LogP contribution in [0.3, 0.4) is 0 Å². The average Bonchev–Trinajstić information content (AvgIpc) is 2.75. The summed E-state index contributed by atoms with van der Waals surface area (Å²) in [5.74, 6) is -0.586. The number of nitrogens with zero attached hydrogens (tertiary/aromatic N) is 2. The number of carbonyl (C=O) groups excluding carboxylic acids is 1. The maximum atomic E-state index is 13.0. The summed E-state index contributed by atoms with van der Waals surface area (Å²) in [6.45, 7) is 1.72. The number of amides is 1. The van der Waals surface area contributed by atoms with Crippen LogP contribution in [0.5, 0.6) is 0 Å². The molecule has 10 heteroatoms. The van der Waals surface area contributed by atoms with E-state index in [1.807, 2.05) is 13.0 Å². The smallest absolute Gasteiger partial charge is 0.416 e. The van der Waals surface area contributed by atoms with E-state index in [-0.39, 0.29) is 23.8 Å². The lowest BCUT2D eigenvalue weighted by Gasteiger charge is -2.13. The summed E-state index contributed by atoms with van der Waals surface area (Å²) >= 11 is 0. The number of ether oxygens (including phenoxy) is 1. The largest absolute Gasteiger partial charge is 0.479 e. The second-order valence-electron chi connectivity index (χ2n) is 6.26. The predicted octanol–water partition coefficient (Wildman–Crippen LogP) is 3.64. The molecule has 0 saturated carbocycles. The van der Waals surface area contributed by atoms with Crippen LogP contribution in [-0.2, 0) is 32.0 Å². The summed E-state index contributed by atoms with van der Waals surface area (Å²) in [5, 5.41) is 10.1. The fraction of sp³-hybridized carbons (Fsp3) is 0.286. The van der Waals surface area contributed by atoms with Crippen LogP contribution in [0.25, 0.3) is 0 Å². The van der Waals surface area contributed by atoms with Gasteiger partial charge in [-0.2, -0.15) is 13.2 Å². The number of halogens is 3. The fourth-order valence-corrected chi connectivity index (χ4v) is 2.73. The Morgan fingerprint density at radius 2 is 1.81 bits per heavy atom. The van der Waals surface area contributed by atoms with Crippen molar-refractivity contribution in [3.05, 3.63) is 70.3 Å². The van der Waals surface area contributed by atoms with Gasteiger partial charge in [0.25, 0.3) is 11.8 Å². The molecule has 0 aliphatic carbocycles. The van der Waals surface area contributed by atoms with Crippen molar-refractivity contribution in [2.75, 3.05) is 21.3 Å². The lowest BCUT2D eigenvalue weighted by molar-refractivity contribution is -0.137. The van der Waals surface area contributed by atoms with Crippen LogP contribution in [0, 0.1) is 6.92 Å². The molecule has 0 radical (unpaired) electrons. The van der Waals surface area contributed by atoms with Crippen LogP contribution in [0.2, 0.25) is 0 Å². The number of hydrogen-bond donors (Lipinski definition) is 1. The van der Waals surface area contributed by atoms with E-state index < -0.39 is 17.6 Å². The van der Waals surface area contributed by atoms with E-state index in [4.69, 9.17) is 14.4 Å². The molecule has 0 atom stereocenters. The SMILES string of the molecule is CNC(=O)/C(=N/OC)c1cccc(C)c1CO/N=C(\OC)c1cccc(C(F)(F)F)c1. The Balaban J connectivity index is 2.33. The van der Waals surface area contributed by atoms with Crippen LogP contribution in [0.15, 0.2) is 52.8 Å². The highest BCUT2D eigenvalue weighted by atomic mass is 19.4. The van der Waals surface area contributed by atoms with Crippen LogP contribution in [0.4, 0.5) is 13.2 Å². The maximum Gasteiger partial charge on any atom is 0.416 e. The predicted molar refractivity (Wildman–Crippen MR) is 109 cm³/mol. The first-order valence-electron chi connectivity index (χ1n) is 9.06. The van der Waals surface area contributed by atoms with Gasteiger partial charge in [-0.25, -0.2) is 0 Å². The summed E-state index contributed by atoms with van der Waals surface area (Å²) < 4.78 is 44.0. The first-order valence-corrected chi connectivity index (χ1v) is 9.06. The van der Waals surface area contributed by atoms with Gasteiger partial charge in [0.05, 0.1) is 12.7 Å². The fourth-order valence-electron chi connectivity index (χ4n) is 2.73. The standard InChI is InChI=1S/C21H22F3N3O4/c1-13-7-5-10-16(18(26-30-4)19(28)25-2)17(13)12-31-27-20(29-3)14-8-6-9-15(11-14)21(22,23)24/h5-11H,12H2,1-4H3,(H,25,28)/b26-18+,27-20-. The molecule has 2 rings (SSSR count). The molecular formula is C21H22F3N3O4. The van der Waals surface area contributed by atoms with E-state index in [1.54, 1.807) is 12.1 Å². The quantitative estimate of drug-likeness (QED) is 0.408. The van der Waals surface area contributed by atoms with E-state index in [1.165, 1.54) is 33.4 Å². The molecule has 0 heterocycles. The van der Waals surface area contributed by atoms with Gasteiger partial charge >= 0.3 is 6.18 Å². The minimum atomic E-state index is -4.50. The normalized spacial score (nSPS) is 12.4. The second-order valence-corrected chi connectivity index (χ2v) is 6.26. The summed E-state index contributed by atoms with van der Waals surface area (Å²) in [5.41, 5.74) is 1.18. The number of rotatable bonds is 7. The summed E-state index contributed by atoms with van der Waals surface area (Å²) in [4.78, 5) is 22.3. The minimum absolute atomic E-state index is 0.0427. The van der Waals surface area contributed by atoms with Gasteiger partial charge in [-0.1, -0.05) is 29.4 Å². The van der Waals surface area contributed by atoms with Crippen molar-refractivity contribution in [2.45, 2.75) is 19.7 Å². The lowest BCUT2D eigenvalue weighted by atomic mass is 9.98. The Bertz CT molecular complexity index is 988.